The van der Waals surface area contributed by atoms with E-state index in [-0.39, 0.29) is 46.8 Å². The van der Waals surface area contributed by atoms with Gasteiger partial charge in [-0.3, -0.25) is 8.89 Å². The van der Waals surface area contributed by atoms with Crippen molar-refractivity contribution in [2.75, 3.05) is 0 Å². The van der Waals surface area contributed by atoms with Crippen LogP contribution in [0.15, 0.2) is 35.5 Å². The molecule has 0 saturated carbocycles. The molecule has 0 N–H and O–H groups in total. The summed E-state index contributed by atoms with van der Waals surface area (Å²) in [5.74, 6) is -0.700. The van der Waals surface area contributed by atoms with E-state index in [2.05, 4.69) is 5.10 Å². The fourth-order valence-electron chi connectivity index (χ4n) is 1.41. The van der Waals surface area contributed by atoms with Gasteiger partial charge in [0.25, 0.3) is 0 Å². The Balaban J connectivity index is 0.00000180. The summed E-state index contributed by atoms with van der Waals surface area (Å²) in [5.41, 5.74) is 0.799. The van der Waals surface area contributed by atoms with Crippen molar-refractivity contribution in [2.24, 2.45) is 7.05 Å². The van der Waals surface area contributed by atoms with Gasteiger partial charge in [-0.25, -0.2) is 4.39 Å². The van der Waals surface area contributed by atoms with Crippen LogP contribution in [0.2, 0.25) is 0 Å². The van der Waals surface area contributed by atoms with Gasteiger partial charge >= 0.3 is 29.6 Å². The third kappa shape index (κ3) is 4.39. The molecule has 19 heavy (non-hydrogen) atoms. The first-order valence-corrected chi connectivity index (χ1v) is 6.13. The predicted molar refractivity (Wildman–Crippen MR) is 61.1 cm³/mol. The Morgan fingerprint density at radius 3 is 2.79 bits per heavy atom. The topological polar surface area (TPSA) is 67.2 Å². The van der Waals surface area contributed by atoms with Crippen molar-refractivity contribution in [3.63, 3.8) is 0 Å². The standard InChI is InChI=1S/C11H11FN2O3S.Na/c1-14-6-8(5-13-14)7-17-11-3-2-9(18(15)16)4-10(11)12;/h2-6H,7H2,1H3,(H,15,16);/q;+1/p-1. The molecule has 1 unspecified atom stereocenters. The quantitative estimate of drug-likeness (QED) is 0.502. The molecule has 0 fully saturated rings. The number of ether oxygens (including phenoxy) is 1. The van der Waals surface area contributed by atoms with Gasteiger partial charge in [0.1, 0.15) is 6.61 Å². The van der Waals surface area contributed by atoms with E-state index in [1.807, 2.05) is 0 Å². The summed E-state index contributed by atoms with van der Waals surface area (Å²) >= 11 is -2.44. The largest absolute Gasteiger partial charge is 1.00 e. The molecule has 1 atom stereocenters. The summed E-state index contributed by atoms with van der Waals surface area (Å²) in [6, 6.07) is 3.49. The molecular formula is C11H10FN2NaO3S. The fourth-order valence-corrected chi connectivity index (χ4v) is 1.79. The maximum absolute atomic E-state index is 13.5. The first-order chi connectivity index (χ1) is 8.56. The SMILES string of the molecule is Cn1cc(COc2ccc(S(=O)[O-])cc2F)cn1.[Na+]. The Hall–Kier alpha value is -0.730. The van der Waals surface area contributed by atoms with Crippen molar-refractivity contribution in [1.29, 1.82) is 0 Å². The average molecular weight is 292 g/mol. The molecule has 1 heterocycles. The van der Waals surface area contributed by atoms with Crippen LogP contribution in [0.3, 0.4) is 0 Å². The molecule has 2 rings (SSSR count). The predicted octanol–water partition coefficient (Wildman–Crippen LogP) is -1.62. The third-order valence-corrected chi connectivity index (χ3v) is 2.89. The van der Waals surface area contributed by atoms with Crippen molar-refractivity contribution in [2.45, 2.75) is 11.5 Å². The molecule has 8 heteroatoms. The molecule has 0 bridgehead atoms. The summed E-state index contributed by atoms with van der Waals surface area (Å²) in [6.07, 6.45) is 3.36. The summed E-state index contributed by atoms with van der Waals surface area (Å²) in [4.78, 5) is -0.110. The zero-order valence-corrected chi connectivity index (χ0v) is 13.3. The molecule has 0 spiro atoms. The van der Waals surface area contributed by atoms with Crippen LogP contribution in [0.1, 0.15) is 5.56 Å². The van der Waals surface area contributed by atoms with E-state index in [4.69, 9.17) is 4.74 Å². The normalized spacial score (nSPS) is 11.7. The number of rotatable bonds is 4. The Labute approximate surface area is 134 Å². The van der Waals surface area contributed by atoms with E-state index in [0.717, 1.165) is 11.6 Å². The third-order valence-electron chi connectivity index (χ3n) is 2.25. The number of aryl methyl sites for hydroxylation is 1. The van der Waals surface area contributed by atoms with Gasteiger partial charge in [-0.15, -0.1) is 0 Å². The smallest absolute Gasteiger partial charge is 0.768 e. The van der Waals surface area contributed by atoms with Crippen LogP contribution in [0.25, 0.3) is 0 Å². The average Bonchev–Trinajstić information content (AvgIpc) is 2.73. The first kappa shape index (κ1) is 16.3. The zero-order chi connectivity index (χ0) is 13.1. The van der Waals surface area contributed by atoms with Gasteiger partial charge in [-0.2, -0.15) is 5.10 Å². The second-order valence-electron chi connectivity index (χ2n) is 3.64. The zero-order valence-electron chi connectivity index (χ0n) is 10.5. The number of nitrogens with zero attached hydrogens (tertiary/aromatic N) is 2. The monoisotopic (exact) mass is 292 g/mol. The maximum Gasteiger partial charge on any atom is 1.00 e. The molecule has 1 aromatic heterocycles. The number of hydrogen-bond donors (Lipinski definition) is 0. The molecular weight excluding hydrogens is 282 g/mol. The van der Waals surface area contributed by atoms with Crippen molar-refractivity contribution < 1.29 is 47.4 Å². The molecule has 0 saturated heterocycles. The molecule has 0 aliphatic heterocycles. The summed E-state index contributed by atoms with van der Waals surface area (Å²) in [5, 5.41) is 3.95. The number of aromatic nitrogens is 2. The van der Waals surface area contributed by atoms with Crippen LogP contribution in [0.5, 0.6) is 5.75 Å². The van der Waals surface area contributed by atoms with Gasteiger partial charge in [0, 0.05) is 23.7 Å². The Morgan fingerprint density at radius 1 is 1.53 bits per heavy atom. The van der Waals surface area contributed by atoms with E-state index in [1.54, 1.807) is 24.1 Å². The Morgan fingerprint density at radius 2 is 2.26 bits per heavy atom. The van der Waals surface area contributed by atoms with Crippen molar-refractivity contribution >= 4 is 11.1 Å². The van der Waals surface area contributed by atoms with Gasteiger partial charge in [0.2, 0.25) is 0 Å². The Kier molecular flexibility index (Phi) is 6.15. The van der Waals surface area contributed by atoms with Gasteiger partial charge in [-0.05, 0) is 29.3 Å². The number of benzene rings is 1. The minimum atomic E-state index is -2.44. The molecule has 96 valence electrons. The van der Waals surface area contributed by atoms with Crippen LogP contribution in [0.4, 0.5) is 4.39 Å². The molecule has 0 amide bonds. The van der Waals surface area contributed by atoms with Crippen LogP contribution in [-0.2, 0) is 24.7 Å². The van der Waals surface area contributed by atoms with Crippen molar-refractivity contribution in [3.05, 3.63) is 42.0 Å². The van der Waals surface area contributed by atoms with Gasteiger partial charge in [0.05, 0.1) is 6.20 Å². The minimum Gasteiger partial charge on any atom is -0.768 e. The summed E-state index contributed by atoms with van der Waals surface area (Å²) in [6.45, 7) is 0.171. The molecule has 2 aromatic rings. The number of halogens is 1. The van der Waals surface area contributed by atoms with Crippen LogP contribution < -0.4 is 34.3 Å². The molecule has 0 aliphatic rings. The van der Waals surface area contributed by atoms with E-state index in [0.29, 0.717) is 0 Å². The van der Waals surface area contributed by atoms with Crippen molar-refractivity contribution in [1.82, 2.24) is 9.78 Å². The fraction of sp³-hybridized carbons (Fsp3) is 0.182. The number of hydrogen-bond acceptors (Lipinski definition) is 4. The van der Waals surface area contributed by atoms with Crippen molar-refractivity contribution in [3.8, 4) is 5.75 Å². The molecule has 0 radical (unpaired) electrons. The van der Waals surface area contributed by atoms with Gasteiger partial charge in [-0.1, -0.05) is 0 Å². The second-order valence-corrected chi connectivity index (χ2v) is 4.58. The van der Waals surface area contributed by atoms with Gasteiger partial charge in [0.15, 0.2) is 11.6 Å². The van der Waals surface area contributed by atoms with Gasteiger partial charge < -0.3 is 9.29 Å². The maximum atomic E-state index is 13.5. The Bertz CT molecular complexity index is 591. The molecule has 1 aromatic carbocycles. The molecule has 5 nitrogen and oxygen atoms in total. The van der Waals surface area contributed by atoms with E-state index in [1.165, 1.54) is 12.1 Å². The summed E-state index contributed by atoms with van der Waals surface area (Å²) in [7, 11) is 1.77. The molecule has 0 aliphatic carbocycles. The van der Waals surface area contributed by atoms with E-state index >= 15 is 0 Å². The second kappa shape index (κ2) is 7.16. The van der Waals surface area contributed by atoms with Crippen LogP contribution in [-0.4, -0.2) is 18.5 Å². The first-order valence-electron chi connectivity index (χ1n) is 5.05. The summed E-state index contributed by atoms with van der Waals surface area (Å²) < 4.78 is 41.6. The minimum absolute atomic E-state index is 0. The van der Waals surface area contributed by atoms with Crippen LogP contribution >= 0.6 is 0 Å². The van der Waals surface area contributed by atoms with E-state index < -0.39 is 16.9 Å². The van der Waals surface area contributed by atoms with Crippen LogP contribution in [0, 0.1) is 5.82 Å². The van der Waals surface area contributed by atoms with E-state index in [9.17, 15) is 13.2 Å².